The first-order chi connectivity index (χ1) is 8.69. The quantitative estimate of drug-likeness (QED) is 0.765. The molecule has 0 bridgehead atoms. The van der Waals surface area contributed by atoms with Gasteiger partial charge in [-0.25, -0.2) is 0 Å². The Balaban J connectivity index is 2.56. The number of anilines is 1. The van der Waals surface area contributed by atoms with Gasteiger partial charge in [0.25, 0.3) is 0 Å². The predicted octanol–water partition coefficient (Wildman–Crippen LogP) is 3.38. The zero-order chi connectivity index (χ0) is 13.4. The number of hydrogen-bond donors (Lipinski definition) is 1. The summed E-state index contributed by atoms with van der Waals surface area (Å²) in [5.74, 6) is 0. The second kappa shape index (κ2) is 8.09. The summed E-state index contributed by atoms with van der Waals surface area (Å²) in [4.78, 5) is 6.82. The highest BCUT2D eigenvalue weighted by Crippen LogP contribution is 2.15. The Labute approximate surface area is 112 Å². The highest BCUT2D eigenvalue weighted by atomic mass is 15.1. The number of aromatic nitrogens is 1. The molecular weight excluding hydrogens is 222 g/mol. The van der Waals surface area contributed by atoms with Crippen molar-refractivity contribution in [1.29, 1.82) is 0 Å². The van der Waals surface area contributed by atoms with E-state index in [1.165, 1.54) is 18.5 Å². The van der Waals surface area contributed by atoms with E-state index in [-0.39, 0.29) is 0 Å². The van der Waals surface area contributed by atoms with Gasteiger partial charge in [-0.1, -0.05) is 20.3 Å². The molecule has 1 aromatic rings. The third-order valence-corrected chi connectivity index (χ3v) is 3.20. The molecule has 0 fully saturated rings. The SMILES string of the molecule is CCCCN(C)c1ccc(C(C)NCCC)nc1. The highest BCUT2D eigenvalue weighted by Gasteiger charge is 2.06. The van der Waals surface area contributed by atoms with Gasteiger partial charge >= 0.3 is 0 Å². The van der Waals surface area contributed by atoms with Crippen molar-refractivity contribution in [3.63, 3.8) is 0 Å². The van der Waals surface area contributed by atoms with Crippen molar-refractivity contribution < 1.29 is 0 Å². The van der Waals surface area contributed by atoms with Crippen LogP contribution in [-0.4, -0.2) is 25.1 Å². The molecule has 0 aromatic carbocycles. The fraction of sp³-hybridized carbons (Fsp3) is 0.667. The molecule has 0 radical (unpaired) electrons. The van der Waals surface area contributed by atoms with Gasteiger partial charge in [0, 0.05) is 19.6 Å². The van der Waals surface area contributed by atoms with Crippen LogP contribution in [0.1, 0.15) is 51.8 Å². The maximum Gasteiger partial charge on any atom is 0.0572 e. The van der Waals surface area contributed by atoms with Gasteiger partial charge in [-0.05, 0) is 38.4 Å². The molecule has 1 unspecified atom stereocenters. The van der Waals surface area contributed by atoms with Crippen molar-refractivity contribution in [2.75, 3.05) is 25.0 Å². The summed E-state index contributed by atoms with van der Waals surface area (Å²) in [6.07, 6.45) is 5.60. The normalized spacial score (nSPS) is 12.4. The Bertz CT molecular complexity index is 288. The Kier molecular flexibility index (Phi) is 6.73. The van der Waals surface area contributed by atoms with E-state index in [0.717, 1.165) is 25.2 Å². The van der Waals surface area contributed by atoms with Gasteiger partial charge in [-0.15, -0.1) is 0 Å². The minimum absolute atomic E-state index is 0.333. The molecule has 3 nitrogen and oxygen atoms in total. The zero-order valence-corrected chi connectivity index (χ0v) is 12.2. The van der Waals surface area contributed by atoms with E-state index in [4.69, 9.17) is 0 Å². The average molecular weight is 249 g/mol. The van der Waals surface area contributed by atoms with Crippen LogP contribution in [0, 0.1) is 0 Å². The van der Waals surface area contributed by atoms with Crippen molar-refractivity contribution in [3.8, 4) is 0 Å². The van der Waals surface area contributed by atoms with E-state index in [0.29, 0.717) is 6.04 Å². The lowest BCUT2D eigenvalue weighted by Gasteiger charge is -2.19. The number of nitrogens with one attached hydrogen (secondary N) is 1. The van der Waals surface area contributed by atoms with Gasteiger partial charge in [-0.2, -0.15) is 0 Å². The summed E-state index contributed by atoms with van der Waals surface area (Å²) in [7, 11) is 2.13. The summed E-state index contributed by atoms with van der Waals surface area (Å²) in [6.45, 7) is 8.70. The molecule has 1 atom stereocenters. The van der Waals surface area contributed by atoms with Crippen molar-refractivity contribution >= 4 is 5.69 Å². The first kappa shape index (κ1) is 15.0. The Morgan fingerprint density at radius 1 is 1.28 bits per heavy atom. The summed E-state index contributed by atoms with van der Waals surface area (Å²) in [6, 6.07) is 4.63. The lowest BCUT2D eigenvalue weighted by Crippen LogP contribution is -2.21. The third-order valence-electron chi connectivity index (χ3n) is 3.20. The molecule has 1 N–H and O–H groups in total. The fourth-order valence-corrected chi connectivity index (χ4v) is 1.87. The fourth-order valence-electron chi connectivity index (χ4n) is 1.87. The van der Waals surface area contributed by atoms with Crippen LogP contribution in [0.25, 0.3) is 0 Å². The molecule has 0 saturated carbocycles. The Morgan fingerprint density at radius 3 is 2.61 bits per heavy atom. The smallest absolute Gasteiger partial charge is 0.0572 e. The van der Waals surface area contributed by atoms with Crippen LogP contribution < -0.4 is 10.2 Å². The number of unbranched alkanes of at least 4 members (excludes halogenated alkanes) is 1. The predicted molar refractivity (Wildman–Crippen MR) is 79.1 cm³/mol. The molecule has 0 saturated heterocycles. The number of hydrogen-bond acceptors (Lipinski definition) is 3. The highest BCUT2D eigenvalue weighted by molar-refractivity contribution is 5.43. The average Bonchev–Trinajstić information content (AvgIpc) is 2.42. The summed E-state index contributed by atoms with van der Waals surface area (Å²) in [5.41, 5.74) is 2.32. The van der Waals surface area contributed by atoms with Crippen LogP contribution in [0.3, 0.4) is 0 Å². The maximum atomic E-state index is 4.56. The van der Waals surface area contributed by atoms with E-state index in [2.05, 4.69) is 55.2 Å². The van der Waals surface area contributed by atoms with E-state index < -0.39 is 0 Å². The maximum absolute atomic E-state index is 4.56. The standard InChI is InChI=1S/C15H27N3/c1-5-7-11-18(4)14-8-9-15(17-12-14)13(3)16-10-6-2/h8-9,12-13,16H,5-7,10-11H2,1-4H3. The largest absolute Gasteiger partial charge is 0.373 e. The second-order valence-corrected chi connectivity index (χ2v) is 4.89. The molecule has 1 aromatic heterocycles. The van der Waals surface area contributed by atoms with Crippen LogP contribution in [0.5, 0.6) is 0 Å². The van der Waals surface area contributed by atoms with E-state index in [9.17, 15) is 0 Å². The molecule has 0 amide bonds. The topological polar surface area (TPSA) is 28.2 Å². The van der Waals surface area contributed by atoms with E-state index >= 15 is 0 Å². The van der Waals surface area contributed by atoms with Gasteiger partial charge in [0.05, 0.1) is 17.6 Å². The Hall–Kier alpha value is -1.09. The van der Waals surface area contributed by atoms with Gasteiger partial charge in [0.15, 0.2) is 0 Å². The van der Waals surface area contributed by atoms with Crippen LogP contribution in [-0.2, 0) is 0 Å². The van der Waals surface area contributed by atoms with Gasteiger partial charge in [0.2, 0.25) is 0 Å². The molecule has 1 heterocycles. The van der Waals surface area contributed by atoms with Crippen molar-refractivity contribution in [1.82, 2.24) is 10.3 Å². The monoisotopic (exact) mass is 249 g/mol. The summed E-state index contributed by atoms with van der Waals surface area (Å²) < 4.78 is 0. The molecule has 0 aliphatic rings. The molecule has 3 heteroatoms. The first-order valence-electron chi connectivity index (χ1n) is 7.09. The first-order valence-corrected chi connectivity index (χ1v) is 7.09. The number of nitrogens with zero attached hydrogens (tertiary/aromatic N) is 2. The van der Waals surface area contributed by atoms with Crippen molar-refractivity contribution in [2.45, 2.75) is 46.1 Å². The molecule has 0 aliphatic heterocycles. The van der Waals surface area contributed by atoms with Crippen LogP contribution in [0.2, 0.25) is 0 Å². The molecular formula is C15H27N3. The summed E-state index contributed by atoms with van der Waals surface area (Å²) >= 11 is 0. The zero-order valence-electron chi connectivity index (χ0n) is 12.2. The molecule has 18 heavy (non-hydrogen) atoms. The van der Waals surface area contributed by atoms with Crippen LogP contribution in [0.4, 0.5) is 5.69 Å². The van der Waals surface area contributed by atoms with Gasteiger partial charge in [0.1, 0.15) is 0 Å². The van der Waals surface area contributed by atoms with Gasteiger partial charge in [-0.3, -0.25) is 4.98 Å². The minimum Gasteiger partial charge on any atom is -0.373 e. The third kappa shape index (κ3) is 4.65. The van der Waals surface area contributed by atoms with Crippen molar-refractivity contribution in [3.05, 3.63) is 24.0 Å². The summed E-state index contributed by atoms with van der Waals surface area (Å²) in [5, 5.41) is 3.46. The van der Waals surface area contributed by atoms with E-state index in [1.807, 2.05) is 6.20 Å². The Morgan fingerprint density at radius 2 is 2.06 bits per heavy atom. The lowest BCUT2D eigenvalue weighted by molar-refractivity contribution is 0.558. The molecule has 0 aliphatic carbocycles. The molecule has 1 rings (SSSR count). The van der Waals surface area contributed by atoms with Gasteiger partial charge < -0.3 is 10.2 Å². The van der Waals surface area contributed by atoms with E-state index in [1.54, 1.807) is 0 Å². The number of pyridine rings is 1. The molecule has 0 spiro atoms. The number of rotatable bonds is 8. The second-order valence-electron chi connectivity index (χ2n) is 4.89. The lowest BCUT2D eigenvalue weighted by atomic mass is 10.2. The van der Waals surface area contributed by atoms with Crippen LogP contribution in [0.15, 0.2) is 18.3 Å². The van der Waals surface area contributed by atoms with Crippen molar-refractivity contribution in [2.24, 2.45) is 0 Å². The van der Waals surface area contributed by atoms with Crippen LogP contribution >= 0.6 is 0 Å². The minimum atomic E-state index is 0.333. The molecule has 102 valence electrons.